The molecule has 33 heavy (non-hydrogen) atoms. The Hall–Kier alpha value is -3.18. The summed E-state index contributed by atoms with van der Waals surface area (Å²) >= 11 is 8.36. The molecule has 2 aromatic rings. The summed E-state index contributed by atoms with van der Waals surface area (Å²) in [6, 6.07) is 11.1. The zero-order chi connectivity index (χ0) is 24.2. The maximum atomic E-state index is 12.3. The lowest BCUT2D eigenvalue weighted by Crippen LogP contribution is -2.49. The molecule has 0 heterocycles. The molecular weight excluding hydrogens is 514 g/mol. The van der Waals surface area contributed by atoms with Crippen LogP contribution in [-0.2, 0) is 9.53 Å². The lowest BCUT2D eigenvalue weighted by atomic mass is 10.2. The molecule has 0 saturated heterocycles. The van der Waals surface area contributed by atoms with Gasteiger partial charge in [0.05, 0.1) is 23.2 Å². The standard InChI is InChI=1S/C22H24BrN3O6S/c1-3-11-31-21(29)14-5-8-16(9-6-14)32-13-19(27)25-26-22(33)24-20(28)15-7-10-18(30-4-2)17(23)12-15/h5-10,12H,3-4,11,13H2,1-2H3,(H,25,27)(H2,24,26,28,33). The Morgan fingerprint density at radius 3 is 2.30 bits per heavy atom. The molecule has 2 aromatic carbocycles. The second-order valence-electron chi connectivity index (χ2n) is 6.48. The van der Waals surface area contributed by atoms with Gasteiger partial charge in [-0.25, -0.2) is 4.79 Å². The second kappa shape index (κ2) is 13.4. The number of amides is 2. The Bertz CT molecular complexity index is 1000. The van der Waals surface area contributed by atoms with Crippen molar-refractivity contribution in [2.24, 2.45) is 0 Å². The minimum atomic E-state index is -0.526. The summed E-state index contributed by atoms with van der Waals surface area (Å²) in [7, 11) is 0. The predicted molar refractivity (Wildman–Crippen MR) is 129 cm³/mol. The first kappa shape index (κ1) is 26.1. The molecule has 0 bridgehead atoms. The molecule has 0 aliphatic heterocycles. The SMILES string of the molecule is CCCOC(=O)c1ccc(OCC(=O)NNC(=S)NC(=O)c2ccc(OCC)c(Br)c2)cc1. The number of rotatable bonds is 9. The van der Waals surface area contributed by atoms with Crippen LogP contribution in [0, 0.1) is 0 Å². The maximum Gasteiger partial charge on any atom is 0.338 e. The highest BCUT2D eigenvalue weighted by atomic mass is 79.9. The third-order valence-electron chi connectivity index (χ3n) is 3.93. The van der Waals surface area contributed by atoms with Crippen molar-refractivity contribution in [3.8, 4) is 11.5 Å². The van der Waals surface area contributed by atoms with Crippen molar-refractivity contribution < 1.29 is 28.6 Å². The van der Waals surface area contributed by atoms with Gasteiger partial charge in [-0.3, -0.25) is 25.8 Å². The molecule has 176 valence electrons. The average Bonchev–Trinajstić information content (AvgIpc) is 2.81. The molecule has 0 aliphatic rings. The van der Waals surface area contributed by atoms with E-state index in [1.54, 1.807) is 42.5 Å². The number of hydrazine groups is 1. The maximum absolute atomic E-state index is 12.3. The minimum absolute atomic E-state index is 0.0895. The van der Waals surface area contributed by atoms with Crippen LogP contribution in [0.4, 0.5) is 0 Å². The summed E-state index contributed by atoms with van der Waals surface area (Å²) in [6.07, 6.45) is 0.739. The zero-order valence-corrected chi connectivity index (χ0v) is 20.5. The molecule has 0 spiro atoms. The number of hydrogen-bond acceptors (Lipinski definition) is 7. The summed E-state index contributed by atoms with van der Waals surface area (Å²) in [5.74, 6) is -0.387. The molecule has 11 heteroatoms. The molecule has 0 aliphatic carbocycles. The van der Waals surface area contributed by atoms with Gasteiger partial charge >= 0.3 is 5.97 Å². The van der Waals surface area contributed by atoms with Crippen LogP contribution in [-0.4, -0.2) is 42.7 Å². The van der Waals surface area contributed by atoms with E-state index in [0.29, 0.717) is 40.3 Å². The van der Waals surface area contributed by atoms with Crippen LogP contribution in [0.15, 0.2) is 46.9 Å². The Morgan fingerprint density at radius 1 is 0.970 bits per heavy atom. The number of carbonyl (C=O) groups is 3. The van der Waals surface area contributed by atoms with Gasteiger partial charge in [-0.15, -0.1) is 0 Å². The summed E-state index contributed by atoms with van der Waals surface area (Å²) in [6.45, 7) is 4.31. The zero-order valence-electron chi connectivity index (χ0n) is 18.1. The van der Waals surface area contributed by atoms with Gasteiger partial charge in [0.1, 0.15) is 11.5 Å². The third kappa shape index (κ3) is 8.70. The van der Waals surface area contributed by atoms with E-state index in [9.17, 15) is 14.4 Å². The molecule has 0 radical (unpaired) electrons. The van der Waals surface area contributed by atoms with Crippen LogP contribution in [0.25, 0.3) is 0 Å². The van der Waals surface area contributed by atoms with E-state index in [1.807, 2.05) is 13.8 Å². The van der Waals surface area contributed by atoms with Crippen molar-refractivity contribution in [3.63, 3.8) is 0 Å². The van der Waals surface area contributed by atoms with Crippen molar-refractivity contribution in [1.82, 2.24) is 16.2 Å². The van der Waals surface area contributed by atoms with Gasteiger partial charge in [0.15, 0.2) is 11.7 Å². The number of esters is 1. The predicted octanol–water partition coefficient (Wildman–Crippen LogP) is 3.13. The van der Waals surface area contributed by atoms with Gasteiger partial charge in [0.2, 0.25) is 0 Å². The van der Waals surface area contributed by atoms with Gasteiger partial charge in [-0.2, -0.15) is 0 Å². The Morgan fingerprint density at radius 2 is 1.67 bits per heavy atom. The summed E-state index contributed by atoms with van der Waals surface area (Å²) < 4.78 is 16.4. The molecule has 9 nitrogen and oxygen atoms in total. The average molecular weight is 538 g/mol. The fourth-order valence-electron chi connectivity index (χ4n) is 2.40. The van der Waals surface area contributed by atoms with E-state index >= 15 is 0 Å². The van der Waals surface area contributed by atoms with Crippen molar-refractivity contribution >= 4 is 51.0 Å². The van der Waals surface area contributed by atoms with Gasteiger partial charge in [-0.1, -0.05) is 6.92 Å². The third-order valence-corrected chi connectivity index (χ3v) is 4.76. The summed E-state index contributed by atoms with van der Waals surface area (Å²) in [5.41, 5.74) is 5.50. The molecule has 2 amide bonds. The van der Waals surface area contributed by atoms with Gasteiger partial charge in [0, 0.05) is 5.56 Å². The molecule has 0 aromatic heterocycles. The highest BCUT2D eigenvalue weighted by Crippen LogP contribution is 2.25. The van der Waals surface area contributed by atoms with E-state index in [1.165, 1.54) is 0 Å². The van der Waals surface area contributed by atoms with E-state index in [4.69, 9.17) is 26.4 Å². The first-order valence-corrected chi connectivity index (χ1v) is 11.3. The molecule has 0 unspecified atom stereocenters. The van der Waals surface area contributed by atoms with Gasteiger partial charge < -0.3 is 14.2 Å². The van der Waals surface area contributed by atoms with E-state index < -0.39 is 17.8 Å². The molecule has 3 N–H and O–H groups in total. The van der Waals surface area contributed by atoms with Crippen molar-refractivity contribution in [3.05, 3.63) is 58.1 Å². The molecule has 0 fully saturated rings. The monoisotopic (exact) mass is 537 g/mol. The smallest absolute Gasteiger partial charge is 0.338 e. The minimum Gasteiger partial charge on any atom is -0.493 e. The molecule has 0 saturated carbocycles. The number of benzene rings is 2. The summed E-state index contributed by atoms with van der Waals surface area (Å²) in [4.78, 5) is 36.0. The van der Waals surface area contributed by atoms with E-state index in [0.717, 1.165) is 6.42 Å². The van der Waals surface area contributed by atoms with Crippen LogP contribution in [0.2, 0.25) is 0 Å². The Balaban J connectivity index is 1.74. The number of halogens is 1. The van der Waals surface area contributed by atoms with Gasteiger partial charge in [0.25, 0.3) is 11.8 Å². The number of hydrogen-bond donors (Lipinski definition) is 3. The topological polar surface area (TPSA) is 115 Å². The lowest BCUT2D eigenvalue weighted by Gasteiger charge is -2.12. The van der Waals surface area contributed by atoms with Crippen LogP contribution >= 0.6 is 28.1 Å². The Labute approximate surface area is 205 Å². The van der Waals surface area contributed by atoms with Crippen molar-refractivity contribution in [1.29, 1.82) is 0 Å². The first-order chi connectivity index (χ1) is 15.8. The van der Waals surface area contributed by atoms with Crippen molar-refractivity contribution in [2.75, 3.05) is 19.8 Å². The van der Waals surface area contributed by atoms with Crippen molar-refractivity contribution in [2.45, 2.75) is 20.3 Å². The fraction of sp³-hybridized carbons (Fsp3) is 0.273. The van der Waals surface area contributed by atoms with E-state index in [2.05, 4.69) is 32.1 Å². The second-order valence-corrected chi connectivity index (χ2v) is 7.75. The number of nitrogens with one attached hydrogen (secondary N) is 3. The van der Waals surface area contributed by atoms with Crippen LogP contribution in [0.3, 0.4) is 0 Å². The lowest BCUT2D eigenvalue weighted by molar-refractivity contribution is -0.123. The number of carbonyl (C=O) groups excluding carboxylic acids is 3. The highest BCUT2D eigenvalue weighted by molar-refractivity contribution is 9.10. The molecule has 0 atom stereocenters. The van der Waals surface area contributed by atoms with Crippen LogP contribution < -0.4 is 25.6 Å². The van der Waals surface area contributed by atoms with Crippen LogP contribution in [0.5, 0.6) is 11.5 Å². The largest absolute Gasteiger partial charge is 0.493 e. The Kier molecular flexibility index (Phi) is 10.6. The van der Waals surface area contributed by atoms with E-state index in [-0.39, 0.29) is 11.7 Å². The quantitative estimate of drug-likeness (QED) is 0.254. The molecule has 2 rings (SSSR count). The number of thiocarbonyl (C=S) groups is 1. The number of ether oxygens (including phenoxy) is 3. The summed E-state index contributed by atoms with van der Waals surface area (Å²) in [5, 5.41) is 2.37. The highest BCUT2D eigenvalue weighted by Gasteiger charge is 2.12. The molecular formula is C22H24BrN3O6S. The normalized spacial score (nSPS) is 10.0. The van der Waals surface area contributed by atoms with Crippen LogP contribution in [0.1, 0.15) is 41.0 Å². The van der Waals surface area contributed by atoms with Gasteiger partial charge in [-0.05, 0) is 84.0 Å². The first-order valence-electron chi connectivity index (χ1n) is 10.1. The fourth-order valence-corrected chi connectivity index (χ4v) is 3.03.